The van der Waals surface area contributed by atoms with E-state index in [-0.39, 0.29) is 18.2 Å². The van der Waals surface area contributed by atoms with Crippen molar-refractivity contribution in [2.75, 3.05) is 26.1 Å². The van der Waals surface area contributed by atoms with Gasteiger partial charge in [-0.15, -0.1) is 0 Å². The molecule has 3 aromatic rings. The number of benzene rings is 2. The monoisotopic (exact) mass is 408 g/mol. The van der Waals surface area contributed by atoms with Gasteiger partial charge in [0.1, 0.15) is 11.5 Å². The van der Waals surface area contributed by atoms with Crippen LogP contribution < -0.4 is 14.8 Å². The predicted octanol–water partition coefficient (Wildman–Crippen LogP) is 3.97. The second-order valence-corrected chi connectivity index (χ2v) is 6.99. The van der Waals surface area contributed by atoms with Crippen LogP contribution in [0.4, 0.5) is 5.69 Å². The van der Waals surface area contributed by atoms with Crippen molar-refractivity contribution in [3.63, 3.8) is 0 Å². The Labute approximate surface area is 175 Å². The van der Waals surface area contributed by atoms with Crippen LogP contribution in [0.15, 0.2) is 36.4 Å². The van der Waals surface area contributed by atoms with Gasteiger partial charge in [0.05, 0.1) is 19.7 Å². The number of rotatable bonds is 6. The van der Waals surface area contributed by atoms with E-state index in [0.717, 1.165) is 22.4 Å². The molecule has 30 heavy (non-hydrogen) atoms. The third kappa shape index (κ3) is 4.51. The molecule has 0 aliphatic heterocycles. The molecule has 3 rings (SSSR count). The number of aromatic nitrogens is 1. The number of fused-ring (bicyclic) bond motifs is 1. The van der Waals surface area contributed by atoms with Crippen LogP contribution in [0, 0.1) is 20.8 Å². The molecule has 156 valence electrons. The van der Waals surface area contributed by atoms with Gasteiger partial charge in [-0.1, -0.05) is 17.7 Å². The van der Waals surface area contributed by atoms with E-state index in [1.54, 1.807) is 25.3 Å². The Hall–Kier alpha value is -3.61. The first kappa shape index (κ1) is 21.1. The number of esters is 1. The average Bonchev–Trinajstić information content (AvgIpc) is 2.73. The summed E-state index contributed by atoms with van der Waals surface area (Å²) in [6.07, 6.45) is 0. The molecule has 0 atom stereocenters. The lowest BCUT2D eigenvalue weighted by molar-refractivity contribution is -0.118. The first-order chi connectivity index (χ1) is 14.3. The summed E-state index contributed by atoms with van der Waals surface area (Å²) >= 11 is 0. The van der Waals surface area contributed by atoms with Gasteiger partial charge < -0.3 is 19.5 Å². The SMILES string of the molecule is COC(=O)c1cc(OCC(=O)Nc2c(C)cc(C)cc2C)c2cc(OC)ccc2n1. The summed E-state index contributed by atoms with van der Waals surface area (Å²) < 4.78 is 15.8. The second-order valence-electron chi connectivity index (χ2n) is 6.99. The second kappa shape index (κ2) is 8.82. The quantitative estimate of drug-likeness (QED) is 0.621. The van der Waals surface area contributed by atoms with E-state index in [9.17, 15) is 9.59 Å². The first-order valence-corrected chi connectivity index (χ1v) is 9.40. The minimum atomic E-state index is -0.590. The molecule has 0 saturated carbocycles. The molecule has 0 fully saturated rings. The lowest BCUT2D eigenvalue weighted by atomic mass is 10.1. The Morgan fingerprint density at radius 2 is 1.70 bits per heavy atom. The molecule has 0 aliphatic rings. The third-order valence-electron chi connectivity index (χ3n) is 4.67. The molecular formula is C23H24N2O5. The van der Waals surface area contributed by atoms with Gasteiger partial charge in [-0.25, -0.2) is 9.78 Å². The molecule has 1 N–H and O–H groups in total. The molecule has 0 spiro atoms. The normalized spacial score (nSPS) is 10.6. The molecule has 1 heterocycles. The van der Waals surface area contributed by atoms with E-state index in [1.165, 1.54) is 13.2 Å². The fourth-order valence-corrected chi connectivity index (χ4v) is 3.33. The molecule has 0 bridgehead atoms. The van der Waals surface area contributed by atoms with Crippen molar-refractivity contribution in [2.45, 2.75) is 20.8 Å². The van der Waals surface area contributed by atoms with Crippen molar-refractivity contribution >= 4 is 28.5 Å². The number of aryl methyl sites for hydroxylation is 3. The zero-order chi connectivity index (χ0) is 21.8. The van der Waals surface area contributed by atoms with Crippen LogP contribution in [0.5, 0.6) is 11.5 Å². The van der Waals surface area contributed by atoms with Gasteiger partial charge in [0.2, 0.25) is 0 Å². The van der Waals surface area contributed by atoms with Gasteiger partial charge in [0.15, 0.2) is 12.3 Å². The van der Waals surface area contributed by atoms with Gasteiger partial charge in [0, 0.05) is 17.1 Å². The molecule has 1 amide bonds. The maximum Gasteiger partial charge on any atom is 0.356 e. The van der Waals surface area contributed by atoms with Gasteiger partial charge >= 0.3 is 5.97 Å². The van der Waals surface area contributed by atoms with E-state index >= 15 is 0 Å². The number of amides is 1. The van der Waals surface area contributed by atoms with E-state index in [4.69, 9.17) is 14.2 Å². The molecular weight excluding hydrogens is 384 g/mol. The molecule has 0 unspecified atom stereocenters. The summed E-state index contributed by atoms with van der Waals surface area (Å²) in [6.45, 7) is 5.67. The number of hydrogen-bond acceptors (Lipinski definition) is 6. The van der Waals surface area contributed by atoms with Crippen LogP contribution >= 0.6 is 0 Å². The van der Waals surface area contributed by atoms with Gasteiger partial charge in [0.25, 0.3) is 5.91 Å². The van der Waals surface area contributed by atoms with E-state index < -0.39 is 5.97 Å². The minimum absolute atomic E-state index is 0.0933. The maximum atomic E-state index is 12.5. The molecule has 7 nitrogen and oxygen atoms in total. The summed E-state index contributed by atoms with van der Waals surface area (Å²) in [5.74, 6) is 0.0487. The highest BCUT2D eigenvalue weighted by molar-refractivity contribution is 5.96. The summed E-state index contributed by atoms with van der Waals surface area (Å²) in [5, 5.41) is 3.52. The zero-order valence-corrected chi connectivity index (χ0v) is 17.7. The first-order valence-electron chi connectivity index (χ1n) is 9.40. The highest BCUT2D eigenvalue weighted by atomic mass is 16.5. The minimum Gasteiger partial charge on any atom is -0.497 e. The number of ether oxygens (including phenoxy) is 3. The van der Waals surface area contributed by atoms with Crippen molar-refractivity contribution in [3.05, 3.63) is 58.8 Å². The van der Waals surface area contributed by atoms with E-state index in [2.05, 4.69) is 10.3 Å². The Bertz CT molecular complexity index is 1100. The number of anilines is 1. The number of carbonyl (C=O) groups is 2. The van der Waals surface area contributed by atoms with Crippen molar-refractivity contribution < 1.29 is 23.8 Å². The average molecular weight is 408 g/mol. The van der Waals surface area contributed by atoms with Crippen LogP contribution in [-0.4, -0.2) is 37.7 Å². The Kier molecular flexibility index (Phi) is 6.20. The van der Waals surface area contributed by atoms with Crippen LogP contribution in [0.25, 0.3) is 10.9 Å². The fraction of sp³-hybridized carbons (Fsp3) is 0.261. The lowest BCUT2D eigenvalue weighted by Crippen LogP contribution is -2.21. The highest BCUT2D eigenvalue weighted by Gasteiger charge is 2.16. The number of pyridine rings is 1. The number of methoxy groups -OCH3 is 2. The number of nitrogens with zero attached hydrogens (tertiary/aromatic N) is 1. The highest BCUT2D eigenvalue weighted by Crippen LogP contribution is 2.29. The van der Waals surface area contributed by atoms with E-state index in [1.807, 2.05) is 32.9 Å². The Morgan fingerprint density at radius 1 is 1.00 bits per heavy atom. The van der Waals surface area contributed by atoms with Crippen molar-refractivity contribution in [1.82, 2.24) is 4.98 Å². The maximum absolute atomic E-state index is 12.5. The van der Waals surface area contributed by atoms with Gasteiger partial charge in [-0.2, -0.15) is 0 Å². The Morgan fingerprint density at radius 3 is 2.33 bits per heavy atom. The molecule has 1 aromatic heterocycles. The van der Waals surface area contributed by atoms with Crippen LogP contribution in [0.1, 0.15) is 27.2 Å². The van der Waals surface area contributed by atoms with Crippen LogP contribution in [-0.2, 0) is 9.53 Å². The molecule has 0 saturated heterocycles. The number of hydrogen-bond donors (Lipinski definition) is 1. The number of carbonyl (C=O) groups excluding carboxylic acids is 2. The summed E-state index contributed by atoms with van der Waals surface area (Å²) in [4.78, 5) is 28.8. The van der Waals surface area contributed by atoms with E-state index in [0.29, 0.717) is 22.4 Å². The molecule has 0 aliphatic carbocycles. The van der Waals surface area contributed by atoms with Crippen molar-refractivity contribution in [2.24, 2.45) is 0 Å². The largest absolute Gasteiger partial charge is 0.497 e. The summed E-state index contributed by atoms with van der Waals surface area (Å²) in [5.41, 5.74) is 4.48. The third-order valence-corrected chi connectivity index (χ3v) is 4.67. The number of nitrogens with one attached hydrogen (secondary N) is 1. The molecule has 0 radical (unpaired) electrons. The smallest absolute Gasteiger partial charge is 0.356 e. The Balaban J connectivity index is 1.87. The van der Waals surface area contributed by atoms with Crippen molar-refractivity contribution in [3.8, 4) is 11.5 Å². The summed E-state index contributed by atoms with van der Waals surface area (Å²) in [6, 6.07) is 10.7. The topological polar surface area (TPSA) is 86.8 Å². The fourth-order valence-electron chi connectivity index (χ4n) is 3.33. The summed E-state index contributed by atoms with van der Waals surface area (Å²) in [7, 11) is 2.83. The van der Waals surface area contributed by atoms with Gasteiger partial charge in [-0.05, 0) is 50.1 Å². The predicted molar refractivity (Wildman–Crippen MR) is 114 cm³/mol. The zero-order valence-electron chi connectivity index (χ0n) is 17.7. The van der Waals surface area contributed by atoms with Crippen LogP contribution in [0.3, 0.4) is 0 Å². The lowest BCUT2D eigenvalue weighted by Gasteiger charge is -2.14. The van der Waals surface area contributed by atoms with Crippen molar-refractivity contribution in [1.29, 1.82) is 0 Å². The van der Waals surface area contributed by atoms with Gasteiger partial charge in [-0.3, -0.25) is 4.79 Å². The standard InChI is InChI=1S/C23H24N2O5/c1-13-8-14(2)22(15(3)9-13)25-21(26)12-30-20-11-19(23(27)29-5)24-18-7-6-16(28-4)10-17(18)20/h6-11H,12H2,1-5H3,(H,25,26). The van der Waals surface area contributed by atoms with Crippen LogP contribution in [0.2, 0.25) is 0 Å². The molecule has 2 aromatic carbocycles. The molecule has 7 heteroatoms.